The molecular formula is C29H29N3O3. The van der Waals surface area contributed by atoms with E-state index in [1.807, 2.05) is 86.6 Å². The summed E-state index contributed by atoms with van der Waals surface area (Å²) in [4.78, 5) is 33.8. The maximum Gasteiger partial charge on any atom is 0.266 e. The van der Waals surface area contributed by atoms with Gasteiger partial charge in [-0.1, -0.05) is 61.5 Å². The number of benzene rings is 3. The number of hydrogen-bond donors (Lipinski definition) is 0. The van der Waals surface area contributed by atoms with Crippen molar-refractivity contribution in [1.29, 1.82) is 0 Å². The molecule has 1 amide bonds. The number of aromatic nitrogens is 2. The van der Waals surface area contributed by atoms with Crippen molar-refractivity contribution in [3.05, 3.63) is 107 Å². The number of rotatable bonds is 8. The first-order chi connectivity index (χ1) is 17.1. The summed E-state index contributed by atoms with van der Waals surface area (Å²) in [6.45, 7) is 4.39. The molecule has 35 heavy (non-hydrogen) atoms. The van der Waals surface area contributed by atoms with Crippen molar-refractivity contribution in [3.63, 3.8) is 0 Å². The fourth-order valence-corrected chi connectivity index (χ4v) is 4.32. The molecule has 0 saturated heterocycles. The van der Waals surface area contributed by atoms with Gasteiger partial charge in [0.1, 0.15) is 11.6 Å². The lowest BCUT2D eigenvalue weighted by Crippen LogP contribution is -2.37. The van der Waals surface area contributed by atoms with Gasteiger partial charge in [0.2, 0.25) is 5.91 Å². The highest BCUT2D eigenvalue weighted by Crippen LogP contribution is 2.29. The average molecular weight is 468 g/mol. The molecule has 0 aliphatic carbocycles. The van der Waals surface area contributed by atoms with Gasteiger partial charge >= 0.3 is 0 Å². The van der Waals surface area contributed by atoms with Crippen LogP contribution in [0.1, 0.15) is 37.7 Å². The zero-order chi connectivity index (χ0) is 24.8. The normalized spacial score (nSPS) is 12.1. The van der Waals surface area contributed by atoms with Crippen LogP contribution in [0.15, 0.2) is 89.7 Å². The first-order valence-corrected chi connectivity index (χ1v) is 11.8. The minimum Gasteiger partial charge on any atom is -0.495 e. The highest BCUT2D eigenvalue weighted by molar-refractivity contribution is 5.92. The van der Waals surface area contributed by atoms with Gasteiger partial charge in [-0.25, -0.2) is 4.98 Å². The average Bonchev–Trinajstić information content (AvgIpc) is 2.91. The summed E-state index contributed by atoms with van der Waals surface area (Å²) in [5.74, 6) is 0.919. The van der Waals surface area contributed by atoms with Gasteiger partial charge in [-0.3, -0.25) is 14.2 Å². The molecule has 1 aromatic heterocycles. The third-order valence-corrected chi connectivity index (χ3v) is 6.03. The Labute approximate surface area is 205 Å². The van der Waals surface area contributed by atoms with Crippen molar-refractivity contribution < 1.29 is 9.53 Å². The number of hydrogen-bond acceptors (Lipinski definition) is 4. The van der Waals surface area contributed by atoms with E-state index >= 15 is 0 Å². The van der Waals surface area contributed by atoms with Gasteiger partial charge in [-0.2, -0.15) is 0 Å². The van der Waals surface area contributed by atoms with Crippen molar-refractivity contribution in [3.8, 4) is 11.4 Å². The molecule has 6 nitrogen and oxygen atoms in total. The van der Waals surface area contributed by atoms with E-state index in [9.17, 15) is 9.59 Å². The fourth-order valence-electron chi connectivity index (χ4n) is 4.32. The van der Waals surface area contributed by atoms with Gasteiger partial charge in [-0.05, 0) is 49.2 Å². The van der Waals surface area contributed by atoms with Crippen LogP contribution in [-0.2, 0) is 4.79 Å². The zero-order valence-electron chi connectivity index (χ0n) is 20.2. The molecule has 0 fully saturated rings. The standard InChI is InChI=1S/C29H29N3O3/c1-4-24(31(5-2)27(33)20-19-21-13-7-6-8-14-21)28-30-23-16-10-9-15-22(23)29(34)32(28)25-17-11-12-18-26(25)35-3/h6-20,24H,4-5H2,1-3H3. The molecule has 1 heterocycles. The van der Waals surface area contributed by atoms with E-state index in [1.54, 1.807) is 34.8 Å². The molecule has 0 spiro atoms. The summed E-state index contributed by atoms with van der Waals surface area (Å²) in [6, 6.07) is 23.9. The first-order valence-electron chi connectivity index (χ1n) is 11.8. The second kappa shape index (κ2) is 10.8. The summed E-state index contributed by atoms with van der Waals surface area (Å²) >= 11 is 0. The summed E-state index contributed by atoms with van der Waals surface area (Å²) in [6.07, 6.45) is 3.96. The minimum absolute atomic E-state index is 0.141. The van der Waals surface area contributed by atoms with E-state index in [2.05, 4.69) is 0 Å². The number of likely N-dealkylation sites (N-methyl/N-ethyl adjacent to an activating group) is 1. The van der Waals surface area contributed by atoms with Crippen molar-refractivity contribution in [2.75, 3.05) is 13.7 Å². The molecule has 178 valence electrons. The number of amides is 1. The first kappa shape index (κ1) is 24.0. The smallest absolute Gasteiger partial charge is 0.266 e. The van der Waals surface area contributed by atoms with Crippen LogP contribution in [0.3, 0.4) is 0 Å². The summed E-state index contributed by atoms with van der Waals surface area (Å²) in [7, 11) is 1.57. The zero-order valence-corrected chi connectivity index (χ0v) is 20.2. The van der Waals surface area contributed by atoms with E-state index in [1.165, 1.54) is 0 Å². The van der Waals surface area contributed by atoms with E-state index in [0.29, 0.717) is 41.1 Å². The Balaban J connectivity index is 1.88. The Kier molecular flexibility index (Phi) is 7.41. The van der Waals surface area contributed by atoms with Crippen molar-refractivity contribution >= 4 is 22.9 Å². The fraction of sp³-hybridized carbons (Fsp3) is 0.207. The molecule has 0 saturated carbocycles. The molecule has 1 unspecified atom stereocenters. The number of ether oxygens (including phenoxy) is 1. The molecule has 6 heteroatoms. The Morgan fingerprint density at radius 1 is 1.00 bits per heavy atom. The van der Waals surface area contributed by atoms with Gasteiger partial charge in [0.05, 0.1) is 29.7 Å². The Morgan fingerprint density at radius 3 is 2.40 bits per heavy atom. The van der Waals surface area contributed by atoms with Crippen LogP contribution < -0.4 is 10.3 Å². The number of carbonyl (C=O) groups is 1. The van der Waals surface area contributed by atoms with Gasteiger partial charge in [0.25, 0.3) is 5.56 Å². The lowest BCUT2D eigenvalue weighted by molar-refractivity contribution is -0.128. The van der Waals surface area contributed by atoms with Gasteiger partial charge in [-0.15, -0.1) is 0 Å². The number of methoxy groups -OCH3 is 1. The lowest BCUT2D eigenvalue weighted by Gasteiger charge is -2.31. The van der Waals surface area contributed by atoms with E-state index in [0.717, 1.165) is 5.56 Å². The minimum atomic E-state index is -0.421. The number of carbonyl (C=O) groups excluding carboxylic acids is 1. The summed E-state index contributed by atoms with van der Waals surface area (Å²) in [5, 5.41) is 0.510. The van der Waals surface area contributed by atoms with Gasteiger partial charge < -0.3 is 9.64 Å². The van der Waals surface area contributed by atoms with E-state index in [-0.39, 0.29) is 11.5 Å². The molecule has 0 aliphatic rings. The number of nitrogens with zero attached hydrogens (tertiary/aromatic N) is 3. The maximum absolute atomic E-state index is 13.8. The van der Waals surface area contributed by atoms with Crippen LogP contribution in [0.2, 0.25) is 0 Å². The number of fused-ring (bicyclic) bond motifs is 1. The summed E-state index contributed by atoms with van der Waals surface area (Å²) in [5.41, 5.74) is 1.94. The van der Waals surface area contributed by atoms with Crippen molar-refractivity contribution in [2.45, 2.75) is 26.3 Å². The Bertz CT molecular complexity index is 1410. The summed E-state index contributed by atoms with van der Waals surface area (Å²) < 4.78 is 7.17. The predicted molar refractivity (Wildman–Crippen MR) is 140 cm³/mol. The van der Waals surface area contributed by atoms with E-state index in [4.69, 9.17) is 9.72 Å². The number of para-hydroxylation sites is 3. The van der Waals surface area contributed by atoms with E-state index < -0.39 is 6.04 Å². The monoisotopic (exact) mass is 467 g/mol. The molecule has 1 atom stereocenters. The Morgan fingerprint density at radius 2 is 1.69 bits per heavy atom. The predicted octanol–water partition coefficient (Wildman–Crippen LogP) is 5.41. The van der Waals surface area contributed by atoms with Crippen LogP contribution in [-0.4, -0.2) is 34.0 Å². The second-order valence-corrected chi connectivity index (χ2v) is 8.09. The molecule has 0 bridgehead atoms. The van der Waals surface area contributed by atoms with Gasteiger partial charge in [0.15, 0.2) is 0 Å². The van der Waals surface area contributed by atoms with Gasteiger partial charge in [0, 0.05) is 12.6 Å². The molecule has 4 rings (SSSR count). The molecule has 0 aliphatic heterocycles. The quantitative estimate of drug-likeness (QED) is 0.325. The van der Waals surface area contributed by atoms with Crippen LogP contribution in [0, 0.1) is 0 Å². The third-order valence-electron chi connectivity index (χ3n) is 6.03. The highest BCUT2D eigenvalue weighted by atomic mass is 16.5. The molecular weight excluding hydrogens is 438 g/mol. The van der Waals surface area contributed by atoms with Crippen LogP contribution in [0.5, 0.6) is 5.75 Å². The SMILES string of the molecule is CCC(c1nc2ccccc2c(=O)n1-c1ccccc1OC)N(CC)C(=O)C=Cc1ccccc1. The largest absolute Gasteiger partial charge is 0.495 e. The van der Waals surface area contributed by atoms with Crippen LogP contribution in [0.25, 0.3) is 22.7 Å². The lowest BCUT2D eigenvalue weighted by atomic mass is 10.1. The van der Waals surface area contributed by atoms with Crippen molar-refractivity contribution in [2.24, 2.45) is 0 Å². The van der Waals surface area contributed by atoms with Crippen molar-refractivity contribution in [1.82, 2.24) is 14.5 Å². The highest BCUT2D eigenvalue weighted by Gasteiger charge is 2.28. The third kappa shape index (κ3) is 4.87. The molecule has 3 aromatic carbocycles. The molecule has 0 radical (unpaired) electrons. The topological polar surface area (TPSA) is 64.4 Å². The second-order valence-electron chi connectivity index (χ2n) is 8.09. The van der Waals surface area contributed by atoms with Crippen LogP contribution >= 0.6 is 0 Å². The molecule has 4 aromatic rings. The maximum atomic E-state index is 13.8. The Hall–Kier alpha value is -4.19. The van der Waals surface area contributed by atoms with Crippen LogP contribution in [0.4, 0.5) is 0 Å². The molecule has 0 N–H and O–H groups in total.